The average molecular weight is 488 g/mol. The number of hydrogen-bond donors (Lipinski definition) is 3. The summed E-state index contributed by atoms with van der Waals surface area (Å²) in [4.78, 5) is 42.4. The lowest BCUT2D eigenvalue weighted by molar-refractivity contribution is -0.165. The second-order valence-corrected chi connectivity index (χ2v) is 10.4. The minimum absolute atomic E-state index is 0.172. The predicted molar refractivity (Wildman–Crippen MR) is 128 cm³/mol. The number of hydroxylamine groups is 1. The Balaban J connectivity index is 1.63. The molecule has 3 amide bonds. The van der Waals surface area contributed by atoms with Crippen molar-refractivity contribution in [3.8, 4) is 0 Å². The van der Waals surface area contributed by atoms with Crippen molar-refractivity contribution in [3.05, 3.63) is 35.4 Å². The van der Waals surface area contributed by atoms with Crippen molar-refractivity contribution in [2.24, 2.45) is 11.8 Å². The van der Waals surface area contributed by atoms with Crippen molar-refractivity contribution in [1.29, 1.82) is 0 Å². The Kier molecular flexibility index (Phi) is 7.66. The summed E-state index contributed by atoms with van der Waals surface area (Å²) in [6, 6.07) is 8.61. The van der Waals surface area contributed by atoms with Gasteiger partial charge in [-0.25, -0.2) is 10.3 Å². The number of carboxylic acid groups (broad SMARTS) is 1. The Morgan fingerprint density at radius 1 is 1.11 bits per heavy atom. The molecule has 3 heterocycles. The Bertz CT molecular complexity index is 939. The van der Waals surface area contributed by atoms with E-state index in [9.17, 15) is 24.7 Å². The van der Waals surface area contributed by atoms with E-state index in [0.29, 0.717) is 50.8 Å². The molecule has 3 saturated heterocycles. The zero-order chi connectivity index (χ0) is 25.2. The Morgan fingerprint density at radius 3 is 2.46 bits per heavy atom. The van der Waals surface area contributed by atoms with Crippen LogP contribution in [0.4, 0.5) is 4.79 Å². The summed E-state index contributed by atoms with van der Waals surface area (Å²) in [5, 5.41) is 19.6. The van der Waals surface area contributed by atoms with Crippen molar-refractivity contribution in [3.63, 3.8) is 0 Å². The normalized spacial score (nSPS) is 27.8. The SMILES string of the molecule is CC(C)c1cccc(C2CCN(C(=O)[C@]3([C@@H]4CCOC4)[C@@H](C(=O)NO)CCCN3C(=O)O)CC2)c1. The smallest absolute Gasteiger partial charge is 0.408 e. The van der Waals surface area contributed by atoms with Crippen molar-refractivity contribution in [2.75, 3.05) is 32.8 Å². The van der Waals surface area contributed by atoms with E-state index in [1.165, 1.54) is 11.1 Å². The summed E-state index contributed by atoms with van der Waals surface area (Å²) in [6.07, 6.45) is 1.59. The van der Waals surface area contributed by atoms with E-state index in [0.717, 1.165) is 17.7 Å². The standard InChI is InChI=1S/C26H37N3O6/c1-17(2)19-5-3-6-20(15-19)18-8-12-28(13-9-18)24(31)26(21-10-14-35-16-21)22(23(30)27-34)7-4-11-29(26)25(32)33/h3,5-6,15,17-18,21-22,34H,4,7-14,16H2,1-2H3,(H,27,30)(H,32,33)/t21-,22-,26+/m1/s1. The largest absolute Gasteiger partial charge is 0.465 e. The van der Waals surface area contributed by atoms with Gasteiger partial charge in [0.2, 0.25) is 11.8 Å². The highest BCUT2D eigenvalue weighted by atomic mass is 16.5. The van der Waals surface area contributed by atoms with Crippen molar-refractivity contribution in [2.45, 2.75) is 63.3 Å². The van der Waals surface area contributed by atoms with Crippen LogP contribution in [0.15, 0.2) is 24.3 Å². The number of rotatable bonds is 5. The quantitative estimate of drug-likeness (QED) is 0.434. The summed E-state index contributed by atoms with van der Waals surface area (Å²) >= 11 is 0. The van der Waals surface area contributed by atoms with Crippen molar-refractivity contribution in [1.82, 2.24) is 15.3 Å². The van der Waals surface area contributed by atoms with Crippen LogP contribution in [-0.4, -0.2) is 76.4 Å². The maximum atomic E-state index is 14.3. The van der Waals surface area contributed by atoms with E-state index in [-0.39, 0.29) is 19.1 Å². The fourth-order valence-electron chi connectivity index (χ4n) is 6.38. The first-order valence-electron chi connectivity index (χ1n) is 12.7. The molecule has 0 bridgehead atoms. The molecule has 0 radical (unpaired) electrons. The summed E-state index contributed by atoms with van der Waals surface area (Å²) in [6.45, 7) is 6.12. The van der Waals surface area contributed by atoms with Gasteiger partial charge in [-0.15, -0.1) is 0 Å². The van der Waals surface area contributed by atoms with Crippen LogP contribution >= 0.6 is 0 Å². The van der Waals surface area contributed by atoms with Crippen LogP contribution in [0.3, 0.4) is 0 Å². The third-order valence-corrected chi connectivity index (χ3v) is 8.24. The highest BCUT2D eigenvalue weighted by Crippen LogP contribution is 2.45. The third kappa shape index (κ3) is 4.63. The van der Waals surface area contributed by atoms with Gasteiger partial charge in [-0.3, -0.25) is 19.7 Å². The summed E-state index contributed by atoms with van der Waals surface area (Å²) in [7, 11) is 0. The van der Waals surface area contributed by atoms with Gasteiger partial charge in [0.05, 0.1) is 12.5 Å². The summed E-state index contributed by atoms with van der Waals surface area (Å²) in [5.41, 5.74) is 2.68. The number of amides is 3. The highest BCUT2D eigenvalue weighted by Gasteiger charge is 2.63. The van der Waals surface area contributed by atoms with Gasteiger partial charge in [-0.05, 0) is 55.1 Å². The molecule has 1 aromatic carbocycles. The number of carbonyl (C=O) groups is 3. The fourth-order valence-corrected chi connectivity index (χ4v) is 6.38. The van der Waals surface area contributed by atoms with Crippen molar-refractivity contribution >= 4 is 17.9 Å². The minimum Gasteiger partial charge on any atom is -0.465 e. The molecule has 3 aliphatic rings. The van der Waals surface area contributed by atoms with Crippen LogP contribution < -0.4 is 5.48 Å². The Labute approximate surface area is 206 Å². The molecule has 4 rings (SSSR count). The van der Waals surface area contributed by atoms with E-state index in [1.54, 1.807) is 10.4 Å². The van der Waals surface area contributed by atoms with Gasteiger partial charge in [0.25, 0.3) is 0 Å². The van der Waals surface area contributed by atoms with Crippen LogP contribution in [0.1, 0.15) is 68.9 Å². The monoisotopic (exact) mass is 487 g/mol. The van der Waals surface area contributed by atoms with E-state index in [1.807, 2.05) is 0 Å². The second-order valence-electron chi connectivity index (χ2n) is 10.4. The molecule has 3 aliphatic heterocycles. The third-order valence-electron chi connectivity index (χ3n) is 8.24. The number of hydrogen-bond acceptors (Lipinski definition) is 5. The average Bonchev–Trinajstić information content (AvgIpc) is 3.42. The van der Waals surface area contributed by atoms with Crippen LogP contribution in [0.5, 0.6) is 0 Å². The van der Waals surface area contributed by atoms with E-state index >= 15 is 0 Å². The number of nitrogens with zero attached hydrogens (tertiary/aromatic N) is 2. The molecule has 1 aromatic rings. The molecular weight excluding hydrogens is 450 g/mol. The number of piperidine rings is 2. The number of likely N-dealkylation sites (tertiary alicyclic amines) is 2. The van der Waals surface area contributed by atoms with Crippen LogP contribution in [0, 0.1) is 11.8 Å². The molecule has 3 atom stereocenters. The Hall–Kier alpha value is -2.65. The maximum Gasteiger partial charge on any atom is 0.408 e. The second kappa shape index (κ2) is 10.5. The molecule has 9 heteroatoms. The molecule has 192 valence electrons. The zero-order valence-electron chi connectivity index (χ0n) is 20.6. The topological polar surface area (TPSA) is 119 Å². The molecule has 0 aromatic heterocycles. The van der Waals surface area contributed by atoms with Gasteiger partial charge in [-0.1, -0.05) is 38.1 Å². The molecule has 0 aliphatic carbocycles. The molecule has 35 heavy (non-hydrogen) atoms. The lowest BCUT2D eigenvalue weighted by Gasteiger charge is -2.53. The number of benzene rings is 1. The first kappa shape index (κ1) is 25.4. The van der Waals surface area contributed by atoms with Gasteiger partial charge in [0.15, 0.2) is 0 Å². The molecule has 9 nitrogen and oxygen atoms in total. The molecule has 0 spiro atoms. The molecular formula is C26H37N3O6. The Morgan fingerprint density at radius 2 is 1.86 bits per heavy atom. The highest BCUT2D eigenvalue weighted by molar-refractivity contribution is 5.96. The molecule has 3 N–H and O–H groups in total. The molecule has 3 fully saturated rings. The van der Waals surface area contributed by atoms with Gasteiger partial charge in [-0.2, -0.15) is 0 Å². The lowest BCUT2D eigenvalue weighted by Crippen LogP contribution is -2.73. The van der Waals surface area contributed by atoms with Gasteiger partial charge in [0.1, 0.15) is 5.54 Å². The predicted octanol–water partition coefficient (Wildman–Crippen LogP) is 3.19. The van der Waals surface area contributed by atoms with Crippen LogP contribution in [0.25, 0.3) is 0 Å². The number of ether oxygens (including phenoxy) is 1. The fraction of sp³-hybridized carbons (Fsp3) is 0.654. The van der Waals surface area contributed by atoms with Gasteiger partial charge >= 0.3 is 6.09 Å². The van der Waals surface area contributed by atoms with Crippen molar-refractivity contribution < 1.29 is 29.4 Å². The van der Waals surface area contributed by atoms with Gasteiger partial charge < -0.3 is 14.7 Å². The summed E-state index contributed by atoms with van der Waals surface area (Å²) < 4.78 is 5.58. The first-order valence-corrected chi connectivity index (χ1v) is 12.7. The number of nitrogens with one attached hydrogen (secondary N) is 1. The minimum atomic E-state index is -1.59. The summed E-state index contributed by atoms with van der Waals surface area (Å²) in [5.74, 6) is -1.71. The zero-order valence-corrected chi connectivity index (χ0v) is 20.6. The van der Waals surface area contributed by atoms with Crippen LogP contribution in [0.2, 0.25) is 0 Å². The number of carbonyl (C=O) groups excluding carboxylic acids is 2. The van der Waals surface area contributed by atoms with E-state index < -0.39 is 29.4 Å². The van der Waals surface area contributed by atoms with E-state index in [4.69, 9.17) is 4.74 Å². The van der Waals surface area contributed by atoms with Gasteiger partial charge in [0, 0.05) is 32.2 Å². The maximum absolute atomic E-state index is 14.3. The molecule has 0 unspecified atom stereocenters. The first-order chi connectivity index (χ1) is 16.8. The van der Waals surface area contributed by atoms with Crippen LogP contribution in [-0.2, 0) is 14.3 Å². The van der Waals surface area contributed by atoms with E-state index in [2.05, 4.69) is 38.1 Å². The molecule has 0 saturated carbocycles. The lowest BCUT2D eigenvalue weighted by atomic mass is 9.66.